The van der Waals surface area contributed by atoms with Gasteiger partial charge in [0, 0.05) is 24.7 Å². The molecule has 4 nitrogen and oxygen atoms in total. The number of ether oxygens (including phenoxy) is 1. The van der Waals surface area contributed by atoms with Crippen molar-refractivity contribution in [2.75, 3.05) is 18.6 Å². The van der Waals surface area contributed by atoms with Crippen LogP contribution in [0.5, 0.6) is 0 Å². The summed E-state index contributed by atoms with van der Waals surface area (Å²) in [6, 6.07) is 8.83. The number of fused-ring (bicyclic) bond motifs is 1. The Balaban J connectivity index is 1.73. The van der Waals surface area contributed by atoms with Crippen molar-refractivity contribution in [2.45, 2.75) is 45.1 Å². The number of anilines is 1. The largest absolute Gasteiger partial charge is 0.469 e. The van der Waals surface area contributed by atoms with Gasteiger partial charge < -0.3 is 15.0 Å². The molecule has 1 aromatic carbocycles. The predicted octanol–water partition coefficient (Wildman–Crippen LogP) is 3.05. The molecule has 2 rings (SSSR count). The fourth-order valence-electron chi connectivity index (χ4n) is 2.83. The van der Waals surface area contributed by atoms with Gasteiger partial charge in [-0.3, -0.25) is 4.79 Å². The standard InChI is InChI=1S/C17H24N2O2S/c1-13-12-14-8-5-6-9-15(14)19(13)17(22)18-11-7-3-4-10-16(20)21-2/h5-6,8-9,13H,3-4,7,10-12H2,1-2H3,(H,18,22)/t13-/m0/s1. The number of hydrogen-bond acceptors (Lipinski definition) is 3. The summed E-state index contributed by atoms with van der Waals surface area (Å²) < 4.78 is 4.63. The number of nitrogens with one attached hydrogen (secondary N) is 1. The molecule has 0 spiro atoms. The van der Waals surface area contributed by atoms with Crippen molar-refractivity contribution in [3.05, 3.63) is 29.8 Å². The number of methoxy groups -OCH3 is 1. The van der Waals surface area contributed by atoms with Crippen LogP contribution in [0, 0.1) is 0 Å². The Morgan fingerprint density at radius 3 is 2.91 bits per heavy atom. The highest BCUT2D eigenvalue weighted by Crippen LogP contribution is 2.31. The molecule has 0 aliphatic carbocycles. The number of thiocarbonyl (C=S) groups is 1. The molecule has 22 heavy (non-hydrogen) atoms. The maximum absolute atomic E-state index is 11.0. The van der Waals surface area contributed by atoms with Crippen LogP contribution in [0.15, 0.2) is 24.3 Å². The summed E-state index contributed by atoms with van der Waals surface area (Å²) in [5.74, 6) is -0.133. The first-order valence-electron chi connectivity index (χ1n) is 7.85. The fraction of sp³-hybridized carbons (Fsp3) is 0.529. The Hall–Kier alpha value is -1.62. The molecule has 1 atom stereocenters. The number of rotatable bonds is 6. The highest BCUT2D eigenvalue weighted by Gasteiger charge is 2.28. The minimum atomic E-state index is -0.133. The van der Waals surface area contributed by atoms with E-state index in [-0.39, 0.29) is 5.97 Å². The number of para-hydroxylation sites is 1. The molecule has 0 saturated heterocycles. The normalized spacial score (nSPS) is 16.3. The monoisotopic (exact) mass is 320 g/mol. The number of carbonyl (C=O) groups is 1. The van der Waals surface area contributed by atoms with E-state index in [9.17, 15) is 4.79 Å². The topological polar surface area (TPSA) is 41.6 Å². The second kappa shape index (κ2) is 8.13. The molecule has 0 unspecified atom stereocenters. The van der Waals surface area contributed by atoms with Crippen LogP contribution in [0.3, 0.4) is 0 Å². The Morgan fingerprint density at radius 1 is 1.36 bits per heavy atom. The van der Waals surface area contributed by atoms with Gasteiger partial charge in [0.05, 0.1) is 7.11 Å². The van der Waals surface area contributed by atoms with E-state index in [2.05, 4.69) is 46.1 Å². The van der Waals surface area contributed by atoms with Crippen LogP contribution < -0.4 is 10.2 Å². The number of benzene rings is 1. The molecule has 0 bridgehead atoms. The average molecular weight is 320 g/mol. The summed E-state index contributed by atoms with van der Waals surface area (Å²) in [4.78, 5) is 13.2. The number of carbonyl (C=O) groups excluding carboxylic acids is 1. The Bertz CT molecular complexity index is 533. The van der Waals surface area contributed by atoms with E-state index in [4.69, 9.17) is 12.2 Å². The number of unbranched alkanes of at least 4 members (excludes halogenated alkanes) is 2. The van der Waals surface area contributed by atoms with Crippen molar-refractivity contribution in [3.8, 4) is 0 Å². The van der Waals surface area contributed by atoms with Gasteiger partial charge in [0.25, 0.3) is 0 Å². The van der Waals surface area contributed by atoms with Crippen molar-refractivity contribution < 1.29 is 9.53 Å². The van der Waals surface area contributed by atoms with E-state index in [1.54, 1.807) is 0 Å². The highest BCUT2D eigenvalue weighted by atomic mass is 32.1. The van der Waals surface area contributed by atoms with Gasteiger partial charge in [-0.25, -0.2) is 0 Å². The molecule has 0 saturated carbocycles. The second-order valence-corrected chi connectivity index (χ2v) is 6.06. The van der Waals surface area contributed by atoms with Crippen LogP contribution in [0.4, 0.5) is 5.69 Å². The van der Waals surface area contributed by atoms with E-state index in [0.29, 0.717) is 12.5 Å². The van der Waals surface area contributed by atoms with Crippen LogP contribution in [0.1, 0.15) is 38.2 Å². The minimum absolute atomic E-state index is 0.133. The molecule has 1 aromatic rings. The first kappa shape index (κ1) is 16.7. The molecule has 1 N–H and O–H groups in total. The van der Waals surface area contributed by atoms with Crippen molar-refractivity contribution in [2.24, 2.45) is 0 Å². The number of hydrogen-bond donors (Lipinski definition) is 1. The van der Waals surface area contributed by atoms with Gasteiger partial charge in [-0.05, 0) is 50.0 Å². The lowest BCUT2D eigenvalue weighted by atomic mass is 10.1. The van der Waals surface area contributed by atoms with Gasteiger partial charge in [-0.1, -0.05) is 24.6 Å². The third kappa shape index (κ3) is 4.19. The van der Waals surface area contributed by atoms with E-state index >= 15 is 0 Å². The highest BCUT2D eigenvalue weighted by molar-refractivity contribution is 7.80. The summed E-state index contributed by atoms with van der Waals surface area (Å²) in [6.45, 7) is 3.04. The summed E-state index contributed by atoms with van der Waals surface area (Å²) in [7, 11) is 1.43. The number of esters is 1. The lowest BCUT2D eigenvalue weighted by molar-refractivity contribution is -0.140. The number of nitrogens with zero attached hydrogens (tertiary/aromatic N) is 1. The summed E-state index contributed by atoms with van der Waals surface area (Å²) in [6.07, 6.45) is 4.40. The lowest BCUT2D eigenvalue weighted by Crippen LogP contribution is -2.43. The Labute approximate surface area is 137 Å². The van der Waals surface area contributed by atoms with Crippen LogP contribution in [0.25, 0.3) is 0 Å². The SMILES string of the molecule is COC(=O)CCCCCNC(=S)N1c2ccccc2C[C@@H]1C. The zero-order chi connectivity index (χ0) is 15.9. The average Bonchev–Trinajstić information content (AvgIpc) is 2.85. The predicted molar refractivity (Wildman–Crippen MR) is 93.2 cm³/mol. The second-order valence-electron chi connectivity index (χ2n) is 5.67. The molecule has 120 valence electrons. The van der Waals surface area contributed by atoms with E-state index < -0.39 is 0 Å². The molecule has 1 aliphatic rings. The van der Waals surface area contributed by atoms with Crippen molar-refractivity contribution >= 4 is 29.0 Å². The van der Waals surface area contributed by atoms with E-state index in [1.165, 1.54) is 18.4 Å². The first-order valence-corrected chi connectivity index (χ1v) is 8.26. The third-order valence-electron chi connectivity index (χ3n) is 3.99. The van der Waals surface area contributed by atoms with Crippen molar-refractivity contribution in [1.29, 1.82) is 0 Å². The zero-order valence-corrected chi connectivity index (χ0v) is 14.1. The van der Waals surface area contributed by atoms with Gasteiger partial charge in [-0.15, -0.1) is 0 Å². The third-order valence-corrected chi connectivity index (χ3v) is 4.33. The summed E-state index contributed by atoms with van der Waals surface area (Å²) >= 11 is 5.55. The molecule has 5 heteroatoms. The van der Waals surface area contributed by atoms with Crippen LogP contribution >= 0.6 is 12.2 Å². The smallest absolute Gasteiger partial charge is 0.305 e. The first-order chi connectivity index (χ1) is 10.6. The van der Waals surface area contributed by atoms with Crippen LogP contribution in [-0.2, 0) is 16.0 Å². The van der Waals surface area contributed by atoms with Gasteiger partial charge in [0.2, 0.25) is 0 Å². The van der Waals surface area contributed by atoms with Crippen LogP contribution in [-0.4, -0.2) is 30.8 Å². The maximum atomic E-state index is 11.0. The quantitative estimate of drug-likeness (QED) is 0.496. The minimum Gasteiger partial charge on any atom is -0.469 e. The molecule has 1 heterocycles. The zero-order valence-electron chi connectivity index (χ0n) is 13.3. The van der Waals surface area contributed by atoms with Gasteiger partial charge in [0.1, 0.15) is 0 Å². The molecular weight excluding hydrogens is 296 g/mol. The molecule has 0 aromatic heterocycles. The van der Waals surface area contributed by atoms with Crippen LogP contribution in [0.2, 0.25) is 0 Å². The lowest BCUT2D eigenvalue weighted by Gasteiger charge is -2.26. The van der Waals surface area contributed by atoms with Gasteiger partial charge >= 0.3 is 5.97 Å². The van der Waals surface area contributed by atoms with Crippen molar-refractivity contribution in [3.63, 3.8) is 0 Å². The van der Waals surface area contributed by atoms with Crippen molar-refractivity contribution in [1.82, 2.24) is 5.32 Å². The summed E-state index contributed by atoms with van der Waals surface area (Å²) in [5, 5.41) is 4.14. The molecule has 0 radical (unpaired) electrons. The summed E-state index contributed by atoms with van der Waals surface area (Å²) in [5.41, 5.74) is 2.58. The fourth-order valence-corrected chi connectivity index (χ4v) is 3.21. The molecule has 0 fully saturated rings. The van der Waals surface area contributed by atoms with Gasteiger partial charge in [-0.2, -0.15) is 0 Å². The molecular formula is C17H24N2O2S. The maximum Gasteiger partial charge on any atom is 0.305 e. The van der Waals surface area contributed by atoms with E-state index in [1.807, 2.05) is 0 Å². The molecule has 1 aliphatic heterocycles. The van der Waals surface area contributed by atoms with E-state index in [0.717, 1.165) is 37.3 Å². The Morgan fingerprint density at radius 2 is 2.14 bits per heavy atom. The Kier molecular flexibility index (Phi) is 6.19. The molecule has 0 amide bonds. The van der Waals surface area contributed by atoms with Gasteiger partial charge in [0.15, 0.2) is 5.11 Å².